The van der Waals surface area contributed by atoms with Gasteiger partial charge in [0.1, 0.15) is 0 Å². The molecule has 0 bridgehead atoms. The van der Waals surface area contributed by atoms with Crippen molar-refractivity contribution in [2.75, 3.05) is 0 Å². The average molecular weight is 391 g/mol. The topological polar surface area (TPSA) is 0 Å². The van der Waals surface area contributed by atoms with E-state index in [4.69, 9.17) is 0 Å². The quantitative estimate of drug-likeness (QED) is 0.576. The Labute approximate surface area is 108 Å². The maximum Gasteiger partial charge on any atom is 0.0843 e. The highest BCUT2D eigenvalue weighted by Crippen LogP contribution is 2.42. The van der Waals surface area contributed by atoms with Crippen molar-refractivity contribution in [3.05, 3.63) is 19.2 Å². The van der Waals surface area contributed by atoms with Gasteiger partial charge in [-0.25, -0.2) is 0 Å². The molecule has 1 aromatic rings. The fourth-order valence-corrected chi connectivity index (χ4v) is 3.97. The second-order valence-corrected chi connectivity index (χ2v) is 7.30. The lowest BCUT2D eigenvalue weighted by Crippen LogP contribution is -1.99. The summed E-state index contributed by atoms with van der Waals surface area (Å²) in [6.07, 6.45) is 1.20. The van der Waals surface area contributed by atoms with Crippen molar-refractivity contribution in [3.63, 3.8) is 0 Å². The molecule has 1 rings (SSSR count). The van der Waals surface area contributed by atoms with E-state index >= 15 is 0 Å². The zero-order valence-electron chi connectivity index (χ0n) is 7.48. The molecule has 1 heterocycles. The molecule has 2 atom stereocenters. The first-order valence-electron chi connectivity index (χ1n) is 4.15. The van der Waals surface area contributed by atoms with Gasteiger partial charge in [0.15, 0.2) is 0 Å². The van der Waals surface area contributed by atoms with E-state index in [1.54, 1.807) is 11.3 Å². The number of alkyl halides is 1. The van der Waals surface area contributed by atoms with E-state index in [1.807, 2.05) is 0 Å². The first-order chi connectivity index (χ1) is 6.06. The van der Waals surface area contributed by atoms with Gasteiger partial charge in [-0.2, -0.15) is 0 Å². The third-order valence-electron chi connectivity index (χ3n) is 2.08. The molecular weight excluding hydrogens is 380 g/mol. The van der Waals surface area contributed by atoms with Crippen molar-refractivity contribution in [2.45, 2.75) is 25.1 Å². The molecule has 13 heavy (non-hydrogen) atoms. The van der Waals surface area contributed by atoms with Gasteiger partial charge in [-0.1, -0.05) is 36.2 Å². The van der Waals surface area contributed by atoms with E-state index in [0.29, 0.717) is 10.7 Å². The fraction of sp³-hybridized carbons (Fsp3) is 0.556. The Morgan fingerprint density at radius 3 is 2.46 bits per heavy atom. The van der Waals surface area contributed by atoms with Gasteiger partial charge in [0, 0.05) is 9.35 Å². The van der Waals surface area contributed by atoms with E-state index in [9.17, 15) is 0 Å². The van der Waals surface area contributed by atoms with Crippen LogP contribution in [0.4, 0.5) is 0 Å². The van der Waals surface area contributed by atoms with Crippen molar-refractivity contribution in [3.8, 4) is 0 Å². The van der Waals surface area contributed by atoms with Gasteiger partial charge in [0.25, 0.3) is 0 Å². The Hall–Kier alpha value is 1.14. The van der Waals surface area contributed by atoms with E-state index < -0.39 is 0 Å². The van der Waals surface area contributed by atoms with Gasteiger partial charge >= 0.3 is 0 Å². The van der Waals surface area contributed by atoms with Crippen molar-refractivity contribution < 1.29 is 0 Å². The van der Waals surface area contributed by atoms with Crippen LogP contribution in [0.25, 0.3) is 0 Å². The van der Waals surface area contributed by atoms with Crippen LogP contribution in [0.15, 0.2) is 14.3 Å². The average Bonchev–Trinajstić information content (AvgIpc) is 2.44. The molecule has 0 saturated carbocycles. The minimum Gasteiger partial charge on any atom is -0.131 e. The van der Waals surface area contributed by atoms with E-state index in [0.717, 1.165) is 4.47 Å². The lowest BCUT2D eigenvalue weighted by molar-refractivity contribution is 0.560. The Bertz CT molecular complexity index is 263. The molecule has 0 fully saturated rings. The number of halogens is 3. The van der Waals surface area contributed by atoms with Gasteiger partial charge in [-0.15, -0.1) is 11.3 Å². The second kappa shape index (κ2) is 5.29. The van der Waals surface area contributed by atoms with Gasteiger partial charge < -0.3 is 0 Å². The van der Waals surface area contributed by atoms with Gasteiger partial charge in [-0.05, 0) is 43.8 Å². The van der Waals surface area contributed by atoms with Gasteiger partial charge in [0.2, 0.25) is 0 Å². The molecule has 0 aliphatic carbocycles. The number of hydrogen-bond acceptors (Lipinski definition) is 1. The van der Waals surface area contributed by atoms with E-state index in [-0.39, 0.29) is 0 Å². The number of rotatable bonds is 3. The molecule has 0 N–H and O–H groups in total. The van der Waals surface area contributed by atoms with E-state index in [2.05, 4.69) is 67.7 Å². The summed E-state index contributed by atoms with van der Waals surface area (Å²) in [5.41, 5.74) is 0. The SMILES string of the molecule is CCC(C)C(Br)c1cc(Br)c(Br)s1. The van der Waals surface area contributed by atoms with Crippen molar-refractivity contribution in [1.29, 1.82) is 0 Å². The molecule has 0 aliphatic rings. The summed E-state index contributed by atoms with van der Waals surface area (Å²) in [4.78, 5) is 1.86. The van der Waals surface area contributed by atoms with Crippen LogP contribution in [-0.4, -0.2) is 0 Å². The third kappa shape index (κ3) is 3.05. The number of hydrogen-bond donors (Lipinski definition) is 0. The maximum atomic E-state index is 3.73. The molecular formula is C9H11Br3S. The normalized spacial score (nSPS) is 15.8. The van der Waals surface area contributed by atoms with Crippen LogP contribution in [0.1, 0.15) is 30.0 Å². The largest absolute Gasteiger partial charge is 0.131 e. The van der Waals surface area contributed by atoms with Crippen molar-refractivity contribution >= 4 is 59.1 Å². The summed E-state index contributed by atoms with van der Waals surface area (Å²) < 4.78 is 2.33. The predicted molar refractivity (Wildman–Crippen MR) is 70.8 cm³/mol. The fourth-order valence-electron chi connectivity index (χ4n) is 0.987. The lowest BCUT2D eigenvalue weighted by atomic mass is 10.0. The summed E-state index contributed by atoms with van der Waals surface area (Å²) in [5, 5.41) is 0. The standard InChI is InChI=1S/C9H11Br3S/c1-3-5(2)8(11)7-4-6(10)9(12)13-7/h4-5,8H,3H2,1-2H3. The molecule has 1 aromatic heterocycles. The molecule has 0 nitrogen and oxygen atoms in total. The lowest BCUT2D eigenvalue weighted by Gasteiger charge is -2.14. The summed E-state index contributed by atoms with van der Waals surface area (Å²) in [5.74, 6) is 0.678. The number of thiophene rings is 1. The summed E-state index contributed by atoms with van der Waals surface area (Å²) in [7, 11) is 0. The smallest absolute Gasteiger partial charge is 0.0843 e. The highest BCUT2D eigenvalue weighted by Gasteiger charge is 2.17. The Balaban J connectivity index is 2.82. The van der Waals surface area contributed by atoms with Gasteiger partial charge in [0.05, 0.1) is 8.61 Å². The van der Waals surface area contributed by atoms with Crippen LogP contribution in [0.2, 0.25) is 0 Å². The van der Waals surface area contributed by atoms with Crippen molar-refractivity contribution in [2.24, 2.45) is 5.92 Å². The Morgan fingerprint density at radius 1 is 1.46 bits per heavy atom. The predicted octanol–water partition coefficient (Wildman–Crippen LogP) is 5.76. The highest BCUT2D eigenvalue weighted by atomic mass is 79.9. The summed E-state index contributed by atoms with van der Waals surface area (Å²) in [6.45, 7) is 4.48. The monoisotopic (exact) mass is 388 g/mol. The highest BCUT2D eigenvalue weighted by molar-refractivity contribution is 9.13. The Morgan fingerprint density at radius 2 is 2.08 bits per heavy atom. The van der Waals surface area contributed by atoms with Crippen LogP contribution < -0.4 is 0 Å². The molecule has 0 saturated heterocycles. The van der Waals surface area contributed by atoms with Crippen molar-refractivity contribution in [1.82, 2.24) is 0 Å². The first-order valence-corrected chi connectivity index (χ1v) is 7.46. The van der Waals surface area contributed by atoms with E-state index in [1.165, 1.54) is 15.1 Å². The zero-order chi connectivity index (χ0) is 10.0. The minimum atomic E-state index is 0.477. The molecule has 4 heteroatoms. The first kappa shape index (κ1) is 12.2. The van der Waals surface area contributed by atoms with Crippen LogP contribution in [0.3, 0.4) is 0 Å². The second-order valence-electron chi connectivity index (χ2n) is 3.06. The minimum absolute atomic E-state index is 0.477. The summed E-state index contributed by atoms with van der Waals surface area (Å²) in [6, 6.07) is 2.18. The summed E-state index contributed by atoms with van der Waals surface area (Å²) >= 11 is 12.5. The maximum absolute atomic E-state index is 3.73. The molecule has 0 radical (unpaired) electrons. The van der Waals surface area contributed by atoms with Crippen LogP contribution >= 0.6 is 59.1 Å². The van der Waals surface area contributed by atoms with Gasteiger partial charge in [-0.3, -0.25) is 0 Å². The molecule has 0 spiro atoms. The molecule has 74 valence electrons. The zero-order valence-corrected chi connectivity index (χ0v) is 13.1. The molecule has 0 aliphatic heterocycles. The van der Waals surface area contributed by atoms with Crippen LogP contribution in [0.5, 0.6) is 0 Å². The van der Waals surface area contributed by atoms with Crippen LogP contribution in [-0.2, 0) is 0 Å². The third-order valence-corrected chi connectivity index (χ3v) is 7.12. The van der Waals surface area contributed by atoms with Crippen LogP contribution in [0, 0.1) is 5.92 Å². The molecule has 2 unspecified atom stereocenters. The Kier molecular flexibility index (Phi) is 4.97. The molecule has 0 aromatic carbocycles. The molecule has 0 amide bonds.